The maximum atomic E-state index is 7.05. The van der Waals surface area contributed by atoms with E-state index in [1.807, 2.05) is 0 Å². The van der Waals surface area contributed by atoms with Crippen molar-refractivity contribution in [2.24, 2.45) is 0 Å². The molecule has 0 bridgehead atoms. The van der Waals surface area contributed by atoms with Crippen molar-refractivity contribution >= 4 is 0 Å². The lowest BCUT2D eigenvalue weighted by Gasteiger charge is -2.26. The Labute approximate surface area is 262 Å². The van der Waals surface area contributed by atoms with Crippen molar-refractivity contribution in [1.29, 1.82) is 0 Å². The van der Waals surface area contributed by atoms with Crippen LogP contribution < -0.4 is 0 Å². The zero-order chi connectivity index (χ0) is 29.9. The van der Waals surface area contributed by atoms with Gasteiger partial charge in [-0.3, -0.25) is 0 Å². The molecule has 0 N–H and O–H groups in total. The van der Waals surface area contributed by atoms with Crippen molar-refractivity contribution in [2.75, 3.05) is 0 Å². The van der Waals surface area contributed by atoms with E-state index in [9.17, 15) is 0 Å². The Morgan fingerprint density at radius 3 is 0.610 bits per heavy atom. The van der Waals surface area contributed by atoms with Gasteiger partial charge in [0.15, 0.2) is 0 Å². The van der Waals surface area contributed by atoms with E-state index in [0.717, 1.165) is 0 Å². The Bertz CT molecular complexity index is 406. The Balaban J connectivity index is 4.60. The maximum absolute atomic E-state index is 7.05. The molecule has 0 aromatic heterocycles. The number of unbranched alkanes of at least 4 members (excludes halogenated alkanes) is 26. The van der Waals surface area contributed by atoms with Gasteiger partial charge >= 0.3 is 0 Å². The summed E-state index contributed by atoms with van der Waals surface area (Å²) in [4.78, 5) is 0. The van der Waals surface area contributed by atoms with Crippen LogP contribution in [-0.4, -0.2) is 12.2 Å². The Kier molecular flexibility index (Phi) is 36.1. The average Bonchev–Trinajstić information content (AvgIpc) is 2.98. The van der Waals surface area contributed by atoms with Crippen molar-refractivity contribution in [3.05, 3.63) is 0 Å². The largest absolute Gasteiger partial charge is 0.375 e. The van der Waals surface area contributed by atoms with Gasteiger partial charge in [-0.1, -0.05) is 220 Å². The van der Waals surface area contributed by atoms with E-state index >= 15 is 0 Å². The average molecular weight is 579 g/mol. The second-order valence-electron chi connectivity index (χ2n) is 13.7. The molecule has 0 spiro atoms. The normalized spacial score (nSPS) is 13.2. The van der Waals surface area contributed by atoms with Gasteiger partial charge in [-0.15, -0.1) is 0 Å². The molecule has 2 atom stereocenters. The van der Waals surface area contributed by atoms with Gasteiger partial charge in [-0.25, -0.2) is 0 Å². The monoisotopic (exact) mass is 579 g/mol. The second kappa shape index (κ2) is 36.2. The van der Waals surface area contributed by atoms with E-state index in [2.05, 4.69) is 27.7 Å². The summed E-state index contributed by atoms with van der Waals surface area (Å²) in [7, 11) is 0. The molecule has 248 valence electrons. The van der Waals surface area contributed by atoms with Crippen LogP contribution in [0.3, 0.4) is 0 Å². The fourth-order valence-corrected chi connectivity index (χ4v) is 6.50. The Morgan fingerprint density at radius 2 is 0.415 bits per heavy atom. The fraction of sp³-hybridized carbons (Fsp3) is 1.00. The molecule has 2 unspecified atom stereocenters. The number of hydrogen-bond donors (Lipinski definition) is 0. The molecule has 0 aromatic carbocycles. The lowest BCUT2D eigenvalue weighted by atomic mass is 9.99. The van der Waals surface area contributed by atoms with Gasteiger partial charge in [-0.2, -0.15) is 0 Å². The molecular formula is C40H82O. The van der Waals surface area contributed by atoms with E-state index < -0.39 is 0 Å². The molecule has 0 amide bonds. The minimum absolute atomic E-state index is 0.523. The summed E-state index contributed by atoms with van der Waals surface area (Å²) in [5.41, 5.74) is 0. The zero-order valence-corrected chi connectivity index (χ0v) is 29.6. The Morgan fingerprint density at radius 1 is 0.244 bits per heavy atom. The molecule has 0 aliphatic carbocycles. The highest BCUT2D eigenvalue weighted by atomic mass is 16.5. The van der Waals surface area contributed by atoms with Crippen LogP contribution >= 0.6 is 0 Å². The second-order valence-corrected chi connectivity index (χ2v) is 13.7. The van der Waals surface area contributed by atoms with Crippen molar-refractivity contribution in [3.63, 3.8) is 0 Å². The molecule has 41 heavy (non-hydrogen) atoms. The van der Waals surface area contributed by atoms with Crippen molar-refractivity contribution in [3.8, 4) is 0 Å². The fourth-order valence-electron chi connectivity index (χ4n) is 6.50. The topological polar surface area (TPSA) is 9.23 Å². The quantitative estimate of drug-likeness (QED) is 0.0672. The van der Waals surface area contributed by atoms with Crippen LogP contribution in [0.15, 0.2) is 0 Å². The summed E-state index contributed by atoms with van der Waals surface area (Å²) < 4.78 is 7.05. The predicted molar refractivity (Wildman–Crippen MR) is 188 cm³/mol. The van der Waals surface area contributed by atoms with Crippen LogP contribution in [0.25, 0.3) is 0 Å². The lowest BCUT2D eigenvalue weighted by Crippen LogP contribution is -2.23. The molecule has 0 aliphatic rings. The van der Waals surface area contributed by atoms with Crippen LogP contribution in [0.1, 0.15) is 246 Å². The molecule has 0 aliphatic heterocycles. The SMILES string of the molecule is CCCCCCCCCCCC(CCCCCCCC)OC(CCCCCCCC)CCCCCCCCCCC. The van der Waals surface area contributed by atoms with Crippen LogP contribution in [0.4, 0.5) is 0 Å². The first-order chi connectivity index (χ1) is 20.3. The highest BCUT2D eigenvalue weighted by Crippen LogP contribution is 2.23. The van der Waals surface area contributed by atoms with Crippen molar-refractivity contribution in [2.45, 2.75) is 258 Å². The molecule has 1 heteroatoms. The van der Waals surface area contributed by atoms with E-state index in [1.54, 1.807) is 0 Å². The summed E-state index contributed by atoms with van der Waals surface area (Å²) in [6, 6.07) is 0. The minimum Gasteiger partial charge on any atom is -0.375 e. The van der Waals surface area contributed by atoms with Crippen LogP contribution in [-0.2, 0) is 4.74 Å². The molecule has 0 heterocycles. The third-order valence-electron chi connectivity index (χ3n) is 9.40. The minimum atomic E-state index is 0.523. The highest BCUT2D eigenvalue weighted by molar-refractivity contribution is 4.67. The molecule has 0 fully saturated rings. The first kappa shape index (κ1) is 41.0. The predicted octanol–water partition coefficient (Wildman–Crippen LogP) is 15.1. The third-order valence-corrected chi connectivity index (χ3v) is 9.40. The van der Waals surface area contributed by atoms with E-state index in [4.69, 9.17) is 4.74 Å². The van der Waals surface area contributed by atoms with Crippen LogP contribution in [0.5, 0.6) is 0 Å². The van der Waals surface area contributed by atoms with Gasteiger partial charge in [0.25, 0.3) is 0 Å². The number of rotatable bonds is 36. The van der Waals surface area contributed by atoms with Gasteiger partial charge < -0.3 is 4.74 Å². The third kappa shape index (κ3) is 32.7. The molecule has 0 aromatic rings. The summed E-state index contributed by atoms with van der Waals surface area (Å²) in [5, 5.41) is 0. The molecular weight excluding hydrogens is 496 g/mol. The standard InChI is InChI=1S/C40H82O/c1-5-9-13-17-21-23-25-29-33-37-39(35-31-27-19-15-11-7-3)41-40(36-32-28-20-16-12-8-4)38-34-30-26-24-22-18-14-10-6-2/h39-40H,5-38H2,1-4H3. The Hall–Kier alpha value is -0.0400. The van der Waals surface area contributed by atoms with E-state index in [-0.39, 0.29) is 0 Å². The van der Waals surface area contributed by atoms with Crippen molar-refractivity contribution in [1.82, 2.24) is 0 Å². The lowest BCUT2D eigenvalue weighted by molar-refractivity contribution is -0.0324. The molecule has 0 radical (unpaired) electrons. The van der Waals surface area contributed by atoms with Gasteiger partial charge in [0.2, 0.25) is 0 Å². The van der Waals surface area contributed by atoms with E-state index in [1.165, 1.54) is 218 Å². The number of hydrogen-bond acceptors (Lipinski definition) is 1. The molecule has 1 nitrogen and oxygen atoms in total. The first-order valence-corrected chi connectivity index (χ1v) is 19.9. The van der Waals surface area contributed by atoms with Gasteiger partial charge in [0.05, 0.1) is 12.2 Å². The van der Waals surface area contributed by atoms with Gasteiger partial charge in [0.1, 0.15) is 0 Å². The molecule has 0 rings (SSSR count). The zero-order valence-electron chi connectivity index (χ0n) is 29.6. The summed E-state index contributed by atoms with van der Waals surface area (Å²) in [6.07, 6.45) is 48.8. The number of ether oxygens (including phenoxy) is 1. The smallest absolute Gasteiger partial charge is 0.0578 e. The maximum Gasteiger partial charge on any atom is 0.0578 e. The van der Waals surface area contributed by atoms with Crippen LogP contribution in [0, 0.1) is 0 Å². The summed E-state index contributed by atoms with van der Waals surface area (Å²) in [6.45, 7) is 9.29. The van der Waals surface area contributed by atoms with Crippen LogP contribution in [0.2, 0.25) is 0 Å². The first-order valence-electron chi connectivity index (χ1n) is 19.9. The van der Waals surface area contributed by atoms with Crippen molar-refractivity contribution < 1.29 is 4.74 Å². The highest BCUT2D eigenvalue weighted by Gasteiger charge is 2.17. The van der Waals surface area contributed by atoms with Gasteiger partial charge in [0, 0.05) is 0 Å². The van der Waals surface area contributed by atoms with E-state index in [0.29, 0.717) is 12.2 Å². The van der Waals surface area contributed by atoms with Gasteiger partial charge in [-0.05, 0) is 25.7 Å². The summed E-state index contributed by atoms with van der Waals surface area (Å²) in [5.74, 6) is 0. The molecule has 0 saturated heterocycles. The molecule has 0 saturated carbocycles. The summed E-state index contributed by atoms with van der Waals surface area (Å²) >= 11 is 0.